The van der Waals surface area contributed by atoms with Crippen LogP contribution in [0.1, 0.15) is 37.8 Å². The molecule has 0 aromatic heterocycles. The van der Waals surface area contributed by atoms with Crippen LogP contribution in [0.4, 0.5) is 0 Å². The molecule has 0 aliphatic rings. The van der Waals surface area contributed by atoms with Crippen molar-refractivity contribution < 1.29 is 9.47 Å². The first kappa shape index (κ1) is 25.3. The molecule has 0 fully saturated rings. The molecule has 0 amide bonds. The second-order valence-electron chi connectivity index (χ2n) is 7.24. The first-order valence-corrected chi connectivity index (χ1v) is 17.4. The van der Waals surface area contributed by atoms with E-state index in [-0.39, 0.29) is 0 Å². The Morgan fingerprint density at radius 2 is 1.03 bits per heavy atom. The molecule has 0 aliphatic heterocycles. The molecule has 0 radical (unpaired) electrons. The minimum atomic E-state index is 0.626. The summed E-state index contributed by atoms with van der Waals surface area (Å²) in [6.07, 6.45) is 2.39. The van der Waals surface area contributed by atoms with Crippen LogP contribution in [0.3, 0.4) is 0 Å². The SMILES string of the molecule is CC[C@@H](C[Se][Se]C[C@H](CC)NCc1ccc(OC)cc1)NCc1ccc(OC)cc1. The molecular weight excluding hydrogens is 506 g/mol. The van der Waals surface area contributed by atoms with E-state index in [1.165, 1.54) is 34.6 Å². The van der Waals surface area contributed by atoms with Gasteiger partial charge in [0.1, 0.15) is 0 Å². The van der Waals surface area contributed by atoms with Gasteiger partial charge >= 0.3 is 194 Å². The van der Waals surface area contributed by atoms with Gasteiger partial charge in [0.15, 0.2) is 0 Å². The van der Waals surface area contributed by atoms with Crippen LogP contribution >= 0.6 is 0 Å². The standard InChI is InChI=1S/C24H36N2O2Se2/c1-5-21(25-15-19-7-11-23(27-3)12-8-19)17-29-30-18-22(6-2)26-16-20-9-13-24(28-4)14-10-20/h7-14,21-22,25-26H,5-6,15-18H2,1-4H3/t21-,22-/m0/s1. The average Bonchev–Trinajstić information content (AvgIpc) is 2.81. The van der Waals surface area contributed by atoms with Crippen molar-refractivity contribution in [3.05, 3.63) is 59.7 Å². The molecule has 2 N–H and O–H groups in total. The molecule has 6 heteroatoms. The Bertz CT molecular complexity index is 634. The summed E-state index contributed by atoms with van der Waals surface area (Å²) in [5.74, 6) is 1.84. The van der Waals surface area contributed by atoms with E-state index < -0.39 is 0 Å². The number of ether oxygens (including phenoxy) is 2. The van der Waals surface area contributed by atoms with Crippen molar-refractivity contribution in [2.45, 2.75) is 62.5 Å². The Balaban J connectivity index is 1.63. The quantitative estimate of drug-likeness (QED) is 0.260. The maximum absolute atomic E-state index is 5.24. The van der Waals surface area contributed by atoms with E-state index in [9.17, 15) is 0 Å². The maximum atomic E-state index is 5.24. The summed E-state index contributed by atoms with van der Waals surface area (Å²) in [4.78, 5) is 0. The second-order valence-corrected chi connectivity index (χ2v) is 14.8. The van der Waals surface area contributed by atoms with Gasteiger partial charge in [-0.3, -0.25) is 0 Å². The summed E-state index contributed by atoms with van der Waals surface area (Å²) in [6.45, 7) is 6.46. The van der Waals surface area contributed by atoms with Crippen LogP contribution in [0.5, 0.6) is 11.5 Å². The fraction of sp³-hybridized carbons (Fsp3) is 0.500. The molecule has 0 saturated carbocycles. The molecule has 2 rings (SSSR count). The summed E-state index contributed by atoms with van der Waals surface area (Å²) in [5.41, 5.74) is 2.64. The molecular formula is C24H36N2O2Se2. The van der Waals surface area contributed by atoms with Crippen LogP contribution in [-0.2, 0) is 13.1 Å². The molecule has 0 bridgehead atoms. The van der Waals surface area contributed by atoms with Gasteiger partial charge in [-0.05, 0) is 0 Å². The monoisotopic (exact) mass is 544 g/mol. The molecule has 0 unspecified atom stereocenters. The Morgan fingerprint density at radius 3 is 1.33 bits per heavy atom. The van der Waals surface area contributed by atoms with E-state index in [4.69, 9.17) is 9.47 Å². The summed E-state index contributed by atoms with van der Waals surface area (Å²) in [5, 5.41) is 10.1. The topological polar surface area (TPSA) is 42.5 Å². The zero-order chi connectivity index (χ0) is 21.6. The minimum absolute atomic E-state index is 0.626. The summed E-state index contributed by atoms with van der Waals surface area (Å²) in [6, 6.07) is 18.0. The van der Waals surface area contributed by atoms with Gasteiger partial charge in [-0.25, -0.2) is 0 Å². The van der Waals surface area contributed by atoms with E-state index in [2.05, 4.69) is 48.7 Å². The Kier molecular flexibility index (Phi) is 12.6. The van der Waals surface area contributed by atoms with Gasteiger partial charge < -0.3 is 0 Å². The molecule has 0 heterocycles. The molecule has 30 heavy (non-hydrogen) atoms. The summed E-state index contributed by atoms with van der Waals surface area (Å²) >= 11 is 1.49. The Labute approximate surface area is 193 Å². The third kappa shape index (κ3) is 9.43. The van der Waals surface area contributed by atoms with Gasteiger partial charge in [0.2, 0.25) is 0 Å². The predicted molar refractivity (Wildman–Crippen MR) is 129 cm³/mol. The van der Waals surface area contributed by atoms with Crippen molar-refractivity contribution in [3.63, 3.8) is 0 Å². The Hall–Kier alpha value is -1.00. The number of nitrogens with one attached hydrogen (secondary N) is 2. The average molecular weight is 542 g/mol. The first-order valence-electron chi connectivity index (χ1n) is 10.7. The van der Waals surface area contributed by atoms with Crippen molar-refractivity contribution in [3.8, 4) is 11.5 Å². The van der Waals surface area contributed by atoms with Crippen molar-refractivity contribution >= 4 is 26.3 Å². The molecule has 2 aromatic carbocycles. The number of rotatable bonds is 15. The predicted octanol–water partition coefficient (Wildman–Crippen LogP) is 4.30. The fourth-order valence-corrected chi connectivity index (χ4v) is 11.2. The van der Waals surface area contributed by atoms with E-state index in [0.717, 1.165) is 50.9 Å². The fourth-order valence-electron chi connectivity index (χ4n) is 2.91. The van der Waals surface area contributed by atoms with E-state index in [0.29, 0.717) is 12.1 Å². The third-order valence-corrected chi connectivity index (χ3v) is 12.5. The molecule has 0 spiro atoms. The van der Waals surface area contributed by atoms with Crippen LogP contribution in [0.15, 0.2) is 48.5 Å². The van der Waals surface area contributed by atoms with Gasteiger partial charge in [0.05, 0.1) is 0 Å². The summed E-state index contributed by atoms with van der Waals surface area (Å²) in [7, 11) is 3.42. The van der Waals surface area contributed by atoms with Gasteiger partial charge in [-0.1, -0.05) is 0 Å². The second kappa shape index (κ2) is 14.9. The van der Waals surface area contributed by atoms with Crippen LogP contribution in [-0.4, -0.2) is 52.6 Å². The van der Waals surface area contributed by atoms with Gasteiger partial charge in [-0.15, -0.1) is 0 Å². The normalized spacial score (nSPS) is 13.1. The number of benzene rings is 2. The van der Waals surface area contributed by atoms with Gasteiger partial charge in [-0.2, -0.15) is 0 Å². The van der Waals surface area contributed by atoms with Crippen molar-refractivity contribution in [1.29, 1.82) is 0 Å². The molecule has 0 aliphatic carbocycles. The number of hydrogen-bond donors (Lipinski definition) is 2. The van der Waals surface area contributed by atoms with Crippen LogP contribution in [0.25, 0.3) is 0 Å². The van der Waals surface area contributed by atoms with Gasteiger partial charge in [0, 0.05) is 0 Å². The number of methoxy groups -OCH3 is 2. The molecule has 0 saturated heterocycles. The van der Waals surface area contributed by atoms with Crippen molar-refractivity contribution in [1.82, 2.24) is 10.6 Å². The van der Waals surface area contributed by atoms with Crippen LogP contribution < -0.4 is 20.1 Å². The summed E-state index contributed by atoms with van der Waals surface area (Å²) < 4.78 is 10.5. The van der Waals surface area contributed by atoms with Gasteiger partial charge in [0.25, 0.3) is 0 Å². The Morgan fingerprint density at radius 1 is 0.667 bits per heavy atom. The van der Waals surface area contributed by atoms with Crippen molar-refractivity contribution in [2.24, 2.45) is 0 Å². The van der Waals surface area contributed by atoms with E-state index in [1.54, 1.807) is 14.2 Å². The molecule has 166 valence electrons. The van der Waals surface area contributed by atoms with E-state index >= 15 is 0 Å². The van der Waals surface area contributed by atoms with Crippen molar-refractivity contribution in [2.75, 3.05) is 14.2 Å². The third-order valence-electron chi connectivity index (χ3n) is 5.12. The van der Waals surface area contributed by atoms with Crippen LogP contribution in [0, 0.1) is 0 Å². The molecule has 2 aromatic rings. The molecule has 2 atom stereocenters. The van der Waals surface area contributed by atoms with E-state index in [1.807, 2.05) is 24.3 Å². The number of hydrogen-bond acceptors (Lipinski definition) is 4. The van der Waals surface area contributed by atoms with Crippen LogP contribution in [0.2, 0.25) is 10.6 Å². The first-order chi connectivity index (χ1) is 14.7. The molecule has 4 nitrogen and oxygen atoms in total. The zero-order valence-corrected chi connectivity index (χ0v) is 22.1. The zero-order valence-electron chi connectivity index (χ0n) is 18.6.